The van der Waals surface area contributed by atoms with Crippen molar-refractivity contribution in [2.45, 2.75) is 26.9 Å². The van der Waals surface area contributed by atoms with Crippen LogP contribution in [-0.4, -0.2) is 6.68 Å². The second-order valence-corrected chi connectivity index (χ2v) is 9.37. The molecule has 0 aliphatic heterocycles. The standard InChI is InChI=1S/C12H10.C11H10S3.CHF3/c1-3-7-11(8-4-1)12-9-5-2-6-10-12;1-8-2-4-9(5-3-8)13-11-7-6-10(12)14-11;2-1(3)4/h1-10H;2-7,12H,1H3;1H/p+1. The van der Waals surface area contributed by atoms with Gasteiger partial charge >= 0.3 is 6.68 Å². The summed E-state index contributed by atoms with van der Waals surface area (Å²) in [4.78, 5) is 1.30. The molecule has 30 heavy (non-hydrogen) atoms. The van der Waals surface area contributed by atoms with Crippen molar-refractivity contribution in [1.29, 1.82) is 0 Å². The Morgan fingerprint density at radius 2 is 1.17 bits per heavy atom. The van der Waals surface area contributed by atoms with E-state index in [1.165, 1.54) is 30.0 Å². The molecule has 6 heteroatoms. The Morgan fingerprint density at radius 3 is 1.57 bits per heavy atom. The minimum absolute atomic E-state index is 1.18. The molecular formula is C24H22F3S3+. The predicted octanol–water partition coefficient (Wildman–Crippen LogP) is 8.11. The zero-order chi connectivity index (χ0) is 21.8. The molecule has 1 heterocycles. The van der Waals surface area contributed by atoms with Crippen molar-refractivity contribution in [1.82, 2.24) is 0 Å². The Kier molecular flexibility index (Phi) is 10.6. The van der Waals surface area contributed by atoms with Crippen LogP contribution in [0.2, 0.25) is 0 Å². The summed E-state index contributed by atoms with van der Waals surface area (Å²) in [6, 6.07) is 33.6. The number of alkyl halides is 3. The fourth-order valence-electron chi connectivity index (χ4n) is 2.36. The third kappa shape index (κ3) is 9.57. The van der Waals surface area contributed by atoms with Crippen LogP contribution in [0.5, 0.6) is 0 Å². The Hall–Kier alpha value is -2.15. The van der Waals surface area contributed by atoms with Crippen molar-refractivity contribution in [3.63, 3.8) is 0 Å². The zero-order valence-corrected chi connectivity index (χ0v) is 18.9. The highest BCUT2D eigenvalue weighted by atomic mass is 32.2. The van der Waals surface area contributed by atoms with Gasteiger partial charge in [0.25, 0.3) is 0 Å². The molecule has 0 aliphatic carbocycles. The summed E-state index contributed by atoms with van der Waals surface area (Å²) >= 11 is 7.08. The van der Waals surface area contributed by atoms with Gasteiger partial charge in [0.1, 0.15) is 0 Å². The van der Waals surface area contributed by atoms with Crippen molar-refractivity contribution < 1.29 is 13.2 Å². The Morgan fingerprint density at radius 1 is 0.700 bits per heavy atom. The van der Waals surface area contributed by atoms with Crippen LogP contribution in [0.15, 0.2) is 110 Å². The topological polar surface area (TPSA) is 0 Å². The Labute approximate surface area is 189 Å². The summed E-state index contributed by atoms with van der Waals surface area (Å²) in [7, 11) is 0. The van der Waals surface area contributed by atoms with E-state index in [0.717, 1.165) is 0 Å². The van der Waals surface area contributed by atoms with Crippen LogP contribution in [0, 0.1) is 6.92 Å². The van der Waals surface area contributed by atoms with Gasteiger partial charge in [-0.2, -0.15) is 13.2 Å². The van der Waals surface area contributed by atoms with E-state index in [1.54, 1.807) is 23.1 Å². The van der Waals surface area contributed by atoms with Gasteiger partial charge in [-0.15, -0.1) is 0 Å². The number of benzene rings is 3. The molecule has 156 valence electrons. The van der Waals surface area contributed by atoms with Gasteiger partial charge in [0.05, 0.1) is 4.21 Å². The molecule has 0 atom stereocenters. The molecule has 0 radical (unpaired) electrons. The van der Waals surface area contributed by atoms with Crippen molar-refractivity contribution in [2.75, 3.05) is 0 Å². The number of rotatable bonds is 3. The molecule has 0 aliphatic rings. The van der Waals surface area contributed by atoms with Crippen LogP contribution >= 0.6 is 23.1 Å². The second-order valence-electron chi connectivity index (χ2n) is 6.01. The SMILES string of the molecule is Cc1ccc(Sc2ccc([SH2+])s2)cc1.FC(F)F.c1ccc(-c2ccccc2)cc1. The maximum absolute atomic E-state index is 9.67. The summed E-state index contributed by atoms with van der Waals surface area (Å²) in [5.74, 6) is 0. The second kappa shape index (κ2) is 13.2. The molecule has 0 spiro atoms. The van der Waals surface area contributed by atoms with Crippen LogP contribution in [0.4, 0.5) is 13.2 Å². The molecule has 0 amide bonds. The molecule has 0 nitrogen and oxygen atoms in total. The highest BCUT2D eigenvalue weighted by molar-refractivity contribution is 8.01. The average Bonchev–Trinajstić information content (AvgIpc) is 3.16. The largest absolute Gasteiger partial charge is 0.379 e. The van der Waals surface area contributed by atoms with Crippen molar-refractivity contribution >= 4 is 35.7 Å². The van der Waals surface area contributed by atoms with Gasteiger partial charge in [0, 0.05) is 23.6 Å². The molecule has 0 saturated heterocycles. The lowest BCUT2D eigenvalue weighted by Crippen LogP contribution is -1.73. The van der Waals surface area contributed by atoms with Crippen LogP contribution in [0.1, 0.15) is 5.56 Å². The van der Waals surface area contributed by atoms with E-state index in [-0.39, 0.29) is 0 Å². The van der Waals surface area contributed by atoms with Crippen molar-refractivity contribution in [3.05, 3.63) is 103 Å². The maximum Gasteiger partial charge on any atom is 0.379 e. The first-order valence-corrected chi connectivity index (χ1v) is 11.2. The molecule has 4 rings (SSSR count). The minimum atomic E-state index is -3.67. The van der Waals surface area contributed by atoms with Crippen LogP contribution < -0.4 is 0 Å². The first-order chi connectivity index (χ1) is 14.4. The number of halogens is 3. The summed E-state index contributed by atoms with van der Waals surface area (Å²) in [5.41, 5.74) is 3.86. The van der Waals surface area contributed by atoms with Crippen LogP contribution in [0.3, 0.4) is 0 Å². The number of hydrogen-bond donors (Lipinski definition) is 0. The highest BCUT2D eigenvalue weighted by Crippen LogP contribution is 2.33. The lowest BCUT2D eigenvalue weighted by molar-refractivity contribution is 0.00819. The molecule has 0 N–H and O–H groups in total. The Balaban J connectivity index is 0.000000183. The smallest absolute Gasteiger partial charge is 0.174 e. The highest BCUT2D eigenvalue weighted by Gasteiger charge is 2.02. The van der Waals surface area contributed by atoms with Crippen molar-refractivity contribution in [2.24, 2.45) is 0 Å². The van der Waals surface area contributed by atoms with Crippen LogP contribution in [-0.2, 0) is 12.6 Å². The van der Waals surface area contributed by atoms with Crippen molar-refractivity contribution in [3.8, 4) is 11.1 Å². The summed E-state index contributed by atoms with van der Waals surface area (Å²) in [6.07, 6.45) is 0. The van der Waals surface area contributed by atoms with Crippen LogP contribution in [0.25, 0.3) is 11.1 Å². The van der Waals surface area contributed by atoms with E-state index in [4.69, 9.17) is 0 Å². The quantitative estimate of drug-likeness (QED) is 0.277. The normalized spacial score (nSPS) is 9.93. The van der Waals surface area contributed by atoms with Gasteiger partial charge in [-0.3, -0.25) is 0 Å². The lowest BCUT2D eigenvalue weighted by atomic mass is 10.1. The van der Waals surface area contributed by atoms with Gasteiger partial charge in [-0.25, -0.2) is 0 Å². The maximum atomic E-state index is 9.67. The summed E-state index contributed by atoms with van der Waals surface area (Å²) in [6.45, 7) is -1.56. The monoisotopic (exact) mass is 463 g/mol. The number of hydrogen-bond acceptors (Lipinski definition) is 2. The zero-order valence-electron chi connectivity index (χ0n) is 16.3. The van der Waals surface area contributed by atoms with Gasteiger partial charge in [-0.1, -0.05) is 101 Å². The lowest BCUT2D eigenvalue weighted by Gasteiger charge is -1.98. The molecule has 0 bridgehead atoms. The molecule has 0 unspecified atom stereocenters. The van der Waals surface area contributed by atoms with Gasteiger partial charge < -0.3 is 0 Å². The molecule has 3 aromatic carbocycles. The first-order valence-electron chi connectivity index (χ1n) is 9.02. The first kappa shape index (κ1) is 24.1. The summed E-state index contributed by atoms with van der Waals surface area (Å²) in [5, 5.41) is 0. The van der Waals surface area contributed by atoms with E-state index in [2.05, 4.69) is 104 Å². The fourth-order valence-corrected chi connectivity index (χ4v) is 4.85. The number of thiophene rings is 1. The summed E-state index contributed by atoms with van der Waals surface area (Å²) < 4.78 is 31.5. The average molecular weight is 464 g/mol. The van der Waals surface area contributed by atoms with Gasteiger partial charge in [0.15, 0.2) is 0 Å². The minimum Gasteiger partial charge on any atom is -0.174 e. The fraction of sp³-hybridized carbons (Fsp3) is 0.0833. The van der Waals surface area contributed by atoms with Gasteiger partial charge in [-0.05, 0) is 36.2 Å². The van der Waals surface area contributed by atoms with E-state index >= 15 is 0 Å². The molecule has 1 aromatic heterocycles. The van der Waals surface area contributed by atoms with E-state index in [9.17, 15) is 13.2 Å². The third-order valence-corrected chi connectivity index (χ3v) is 6.21. The molecule has 0 saturated carbocycles. The van der Waals surface area contributed by atoms with E-state index < -0.39 is 6.68 Å². The molecular weight excluding hydrogens is 441 g/mol. The van der Waals surface area contributed by atoms with Gasteiger partial charge in [0.2, 0.25) is 4.21 Å². The third-order valence-electron chi connectivity index (χ3n) is 3.70. The van der Waals surface area contributed by atoms with E-state index in [1.807, 2.05) is 12.1 Å². The number of aryl methyl sites for hydroxylation is 1. The molecule has 0 fully saturated rings. The Bertz CT molecular complexity index is 929. The predicted molar refractivity (Wildman–Crippen MR) is 127 cm³/mol. The molecule has 4 aromatic rings. The van der Waals surface area contributed by atoms with E-state index in [0.29, 0.717) is 0 Å².